The molecule has 0 unspecified atom stereocenters. The summed E-state index contributed by atoms with van der Waals surface area (Å²) in [6.45, 7) is 3.07. The Kier molecular flexibility index (Phi) is 3.78. The van der Waals surface area contributed by atoms with Crippen LogP contribution in [0.4, 0.5) is 5.95 Å². The van der Waals surface area contributed by atoms with Gasteiger partial charge in [0.25, 0.3) is 5.56 Å². The fraction of sp³-hybridized carbons (Fsp3) is 0.444. The zero-order chi connectivity index (χ0) is 17.6. The molecule has 2 fully saturated rings. The number of piperazine rings is 1. The van der Waals surface area contributed by atoms with Gasteiger partial charge in [-0.15, -0.1) is 0 Å². The second-order valence-electron chi connectivity index (χ2n) is 6.79. The molecule has 130 valence electrons. The van der Waals surface area contributed by atoms with E-state index in [2.05, 4.69) is 9.88 Å². The summed E-state index contributed by atoms with van der Waals surface area (Å²) >= 11 is 0. The van der Waals surface area contributed by atoms with Crippen LogP contribution in [-0.2, 0) is 11.8 Å². The third-order valence-electron chi connectivity index (χ3n) is 5.22. The molecule has 0 aromatic carbocycles. The number of carbonyl (C=O) groups excluding carboxylic acids is 1. The number of rotatable bonds is 2. The number of anilines is 1. The Labute approximate surface area is 145 Å². The maximum Gasteiger partial charge on any atom is 0.255 e. The molecule has 7 nitrogen and oxygen atoms in total. The first-order valence-electron chi connectivity index (χ1n) is 8.57. The van der Waals surface area contributed by atoms with Gasteiger partial charge in [0.15, 0.2) is 0 Å². The topological polar surface area (TPSA) is 71.3 Å². The molecular formula is C18H21N5O2. The summed E-state index contributed by atoms with van der Waals surface area (Å²) in [7, 11) is 1.75. The summed E-state index contributed by atoms with van der Waals surface area (Å²) in [6.07, 6.45) is 5.41. The Morgan fingerprint density at radius 3 is 2.40 bits per heavy atom. The molecule has 2 bridgehead atoms. The number of pyridine rings is 1. The largest absolute Gasteiger partial charge is 0.338 e. The van der Waals surface area contributed by atoms with Gasteiger partial charge < -0.3 is 9.80 Å². The van der Waals surface area contributed by atoms with Gasteiger partial charge in [-0.25, -0.2) is 4.98 Å². The smallest absolute Gasteiger partial charge is 0.255 e. The summed E-state index contributed by atoms with van der Waals surface area (Å²) < 4.78 is 1.59. The number of aromatic nitrogens is 3. The van der Waals surface area contributed by atoms with E-state index in [1.54, 1.807) is 37.0 Å². The van der Waals surface area contributed by atoms with Gasteiger partial charge in [0.2, 0.25) is 11.9 Å². The van der Waals surface area contributed by atoms with Crippen LogP contribution in [0.2, 0.25) is 0 Å². The van der Waals surface area contributed by atoms with E-state index in [4.69, 9.17) is 4.98 Å². The van der Waals surface area contributed by atoms with Crippen molar-refractivity contribution in [1.29, 1.82) is 0 Å². The van der Waals surface area contributed by atoms with Crippen LogP contribution in [-0.4, -0.2) is 50.5 Å². The maximum absolute atomic E-state index is 12.4. The fourth-order valence-corrected chi connectivity index (χ4v) is 4.06. The van der Waals surface area contributed by atoms with Crippen LogP contribution in [0.25, 0.3) is 11.3 Å². The molecule has 0 aliphatic carbocycles. The second kappa shape index (κ2) is 5.98. The van der Waals surface area contributed by atoms with Gasteiger partial charge in [0.1, 0.15) is 0 Å². The molecule has 4 rings (SSSR count). The molecule has 2 aromatic heterocycles. The second-order valence-corrected chi connectivity index (χ2v) is 6.79. The number of nitrogens with zero attached hydrogens (tertiary/aromatic N) is 5. The Morgan fingerprint density at radius 1 is 1.16 bits per heavy atom. The van der Waals surface area contributed by atoms with Crippen LogP contribution in [0.1, 0.15) is 19.8 Å². The van der Waals surface area contributed by atoms with Gasteiger partial charge >= 0.3 is 0 Å². The quantitative estimate of drug-likeness (QED) is 0.818. The van der Waals surface area contributed by atoms with E-state index in [-0.39, 0.29) is 23.6 Å². The number of carbonyl (C=O) groups is 1. The predicted octanol–water partition coefficient (Wildman–Crippen LogP) is 1.04. The Bertz CT molecular complexity index is 850. The van der Waals surface area contributed by atoms with Crippen molar-refractivity contribution in [3.05, 3.63) is 40.9 Å². The van der Waals surface area contributed by atoms with E-state index in [1.807, 2.05) is 17.0 Å². The molecule has 0 radical (unpaired) electrons. The fourth-order valence-electron chi connectivity index (χ4n) is 4.06. The van der Waals surface area contributed by atoms with Gasteiger partial charge in [-0.2, -0.15) is 0 Å². The molecule has 4 heterocycles. The summed E-state index contributed by atoms with van der Waals surface area (Å²) in [5.41, 5.74) is 1.44. The van der Waals surface area contributed by atoms with Crippen molar-refractivity contribution in [2.45, 2.75) is 31.8 Å². The highest BCUT2D eigenvalue weighted by Gasteiger charge is 2.42. The third kappa shape index (κ3) is 2.69. The average Bonchev–Trinajstić information content (AvgIpc) is 2.89. The lowest BCUT2D eigenvalue weighted by atomic mass is 10.2. The van der Waals surface area contributed by atoms with Crippen LogP contribution in [0.15, 0.2) is 35.4 Å². The normalized spacial score (nSPS) is 22.3. The maximum atomic E-state index is 12.4. The van der Waals surface area contributed by atoms with E-state index in [0.717, 1.165) is 31.5 Å². The highest BCUT2D eigenvalue weighted by atomic mass is 16.2. The standard InChI is InChI=1S/C18H21N5O2/c1-12(24)23-14-3-4-15(23)11-22(10-14)18-20-16(9-17(25)21(18)2)13-5-7-19-8-6-13/h5-9,14-15H,3-4,10-11H2,1-2H3/t14-,15+. The first kappa shape index (κ1) is 15.8. The lowest BCUT2D eigenvalue weighted by Gasteiger charge is -2.41. The van der Waals surface area contributed by atoms with Crippen LogP contribution in [0.5, 0.6) is 0 Å². The Morgan fingerprint density at radius 2 is 1.80 bits per heavy atom. The molecule has 2 saturated heterocycles. The van der Waals surface area contributed by atoms with Gasteiger partial charge in [-0.3, -0.25) is 19.1 Å². The van der Waals surface area contributed by atoms with Gasteiger partial charge in [0.05, 0.1) is 5.69 Å². The van der Waals surface area contributed by atoms with Gasteiger partial charge in [0, 0.05) is 63.2 Å². The van der Waals surface area contributed by atoms with Crippen LogP contribution < -0.4 is 10.5 Å². The summed E-state index contributed by atoms with van der Waals surface area (Å²) in [5, 5.41) is 0. The first-order chi connectivity index (χ1) is 12.0. The molecule has 0 spiro atoms. The van der Waals surface area contributed by atoms with Gasteiger partial charge in [-0.05, 0) is 25.0 Å². The third-order valence-corrected chi connectivity index (χ3v) is 5.22. The molecular weight excluding hydrogens is 318 g/mol. The summed E-state index contributed by atoms with van der Waals surface area (Å²) in [4.78, 5) is 37.3. The molecule has 7 heteroatoms. The van der Waals surface area contributed by atoms with Gasteiger partial charge in [-0.1, -0.05) is 0 Å². The van der Waals surface area contributed by atoms with Crippen molar-refractivity contribution < 1.29 is 4.79 Å². The number of hydrogen-bond donors (Lipinski definition) is 0. The SMILES string of the molecule is CC(=O)N1[C@@H]2CC[C@H]1CN(c1nc(-c3ccncc3)cc(=O)n1C)C2. The van der Waals surface area contributed by atoms with Crippen molar-refractivity contribution in [3.8, 4) is 11.3 Å². The van der Waals surface area contributed by atoms with Crippen LogP contribution >= 0.6 is 0 Å². The molecule has 2 aromatic rings. The van der Waals surface area contributed by atoms with Crippen molar-refractivity contribution in [2.75, 3.05) is 18.0 Å². The average molecular weight is 339 g/mol. The van der Waals surface area contributed by atoms with E-state index in [9.17, 15) is 9.59 Å². The lowest BCUT2D eigenvalue weighted by molar-refractivity contribution is -0.132. The highest BCUT2D eigenvalue weighted by Crippen LogP contribution is 2.32. The minimum atomic E-state index is -0.0850. The number of fused-ring (bicyclic) bond motifs is 2. The lowest BCUT2D eigenvalue weighted by Crippen LogP contribution is -2.56. The number of hydrogen-bond acceptors (Lipinski definition) is 5. The molecule has 2 aliphatic heterocycles. The number of amides is 1. The summed E-state index contributed by atoms with van der Waals surface area (Å²) in [5.74, 6) is 0.805. The van der Waals surface area contributed by atoms with E-state index in [1.165, 1.54) is 0 Å². The molecule has 2 atom stereocenters. The van der Waals surface area contributed by atoms with Crippen LogP contribution in [0.3, 0.4) is 0 Å². The highest BCUT2D eigenvalue weighted by molar-refractivity contribution is 5.75. The zero-order valence-corrected chi connectivity index (χ0v) is 14.4. The van der Waals surface area contributed by atoms with Crippen LogP contribution in [0, 0.1) is 0 Å². The van der Waals surface area contributed by atoms with Crippen molar-refractivity contribution >= 4 is 11.9 Å². The zero-order valence-electron chi connectivity index (χ0n) is 14.4. The Balaban J connectivity index is 1.71. The van der Waals surface area contributed by atoms with E-state index >= 15 is 0 Å². The molecule has 25 heavy (non-hydrogen) atoms. The minimum Gasteiger partial charge on any atom is -0.338 e. The summed E-state index contributed by atoms with van der Waals surface area (Å²) in [6, 6.07) is 5.67. The predicted molar refractivity (Wildman–Crippen MR) is 94.3 cm³/mol. The minimum absolute atomic E-state index is 0.0850. The Hall–Kier alpha value is -2.70. The molecule has 0 saturated carbocycles. The van der Waals surface area contributed by atoms with Crippen molar-refractivity contribution in [2.24, 2.45) is 7.05 Å². The monoisotopic (exact) mass is 339 g/mol. The molecule has 2 aliphatic rings. The molecule has 1 amide bonds. The van der Waals surface area contributed by atoms with E-state index in [0.29, 0.717) is 11.6 Å². The molecule has 0 N–H and O–H groups in total. The van der Waals surface area contributed by atoms with Crippen molar-refractivity contribution in [3.63, 3.8) is 0 Å². The van der Waals surface area contributed by atoms with Crippen molar-refractivity contribution in [1.82, 2.24) is 19.4 Å². The van der Waals surface area contributed by atoms with E-state index < -0.39 is 0 Å². The first-order valence-corrected chi connectivity index (χ1v) is 8.57.